The van der Waals surface area contributed by atoms with Gasteiger partial charge >= 0.3 is 0 Å². The molecule has 0 radical (unpaired) electrons. The van der Waals surface area contributed by atoms with E-state index in [2.05, 4.69) is 42.1 Å². The lowest BCUT2D eigenvalue weighted by Crippen LogP contribution is -2.43. The second kappa shape index (κ2) is 10.5. The summed E-state index contributed by atoms with van der Waals surface area (Å²) in [5.74, 6) is 1.63. The summed E-state index contributed by atoms with van der Waals surface area (Å²) in [5, 5.41) is 3.37. The van der Waals surface area contributed by atoms with Gasteiger partial charge in [-0.05, 0) is 59.9 Å². The van der Waals surface area contributed by atoms with Gasteiger partial charge in [0.15, 0.2) is 16.6 Å². The Morgan fingerprint density at radius 3 is 2.29 bits per heavy atom. The minimum atomic E-state index is -0.158. The average Bonchev–Trinajstić information content (AvgIpc) is 2.70. The molecule has 28 heavy (non-hydrogen) atoms. The molecule has 3 N–H and O–H groups in total. The summed E-state index contributed by atoms with van der Waals surface area (Å²) in [6.07, 6.45) is 0.888. The minimum Gasteiger partial charge on any atom is -0.493 e. The summed E-state index contributed by atoms with van der Waals surface area (Å²) < 4.78 is 10.5. The number of thiocarbonyl (C=S) groups is 1. The lowest BCUT2D eigenvalue weighted by molar-refractivity contribution is -0.121. The molecule has 0 atom stereocenters. The second-order valence-corrected chi connectivity index (χ2v) is 7.00. The van der Waals surface area contributed by atoms with E-state index in [9.17, 15) is 4.79 Å². The molecule has 0 heterocycles. The van der Waals surface area contributed by atoms with Crippen LogP contribution in [0.5, 0.6) is 11.5 Å². The summed E-state index contributed by atoms with van der Waals surface area (Å²) in [4.78, 5) is 12.1. The molecule has 6 nitrogen and oxygen atoms in total. The number of amides is 1. The SMILES string of the molecule is COc1ccc(CCC(=O)NNC(=S)Nc2ccc(C(C)C)cc2)cc1OC. The molecule has 0 unspecified atom stereocenters. The number of hydrogen-bond acceptors (Lipinski definition) is 4. The van der Waals surface area contributed by atoms with Crippen LogP contribution in [0.3, 0.4) is 0 Å². The van der Waals surface area contributed by atoms with Gasteiger partial charge in [-0.15, -0.1) is 0 Å². The number of ether oxygens (including phenoxy) is 2. The Labute approximate surface area is 171 Å². The molecule has 1 amide bonds. The van der Waals surface area contributed by atoms with Crippen molar-refractivity contribution in [2.75, 3.05) is 19.5 Å². The summed E-state index contributed by atoms with van der Waals surface area (Å²) in [6.45, 7) is 4.29. The monoisotopic (exact) mass is 401 g/mol. The molecule has 2 rings (SSSR count). The number of nitrogens with one attached hydrogen (secondary N) is 3. The van der Waals surface area contributed by atoms with Crippen molar-refractivity contribution >= 4 is 28.9 Å². The molecule has 0 spiro atoms. The zero-order chi connectivity index (χ0) is 20.5. The van der Waals surface area contributed by atoms with Crippen molar-refractivity contribution in [1.82, 2.24) is 10.9 Å². The fourth-order valence-corrected chi connectivity index (χ4v) is 2.77. The van der Waals surface area contributed by atoms with Crippen LogP contribution in [0.25, 0.3) is 0 Å². The molecule has 0 aliphatic heterocycles. The molecule has 0 aliphatic carbocycles. The van der Waals surface area contributed by atoms with Gasteiger partial charge in [-0.1, -0.05) is 32.0 Å². The maximum Gasteiger partial charge on any atom is 0.238 e. The van der Waals surface area contributed by atoms with Crippen molar-refractivity contribution in [2.24, 2.45) is 0 Å². The van der Waals surface area contributed by atoms with Crippen LogP contribution in [0.4, 0.5) is 5.69 Å². The molecule has 2 aromatic rings. The highest BCUT2D eigenvalue weighted by molar-refractivity contribution is 7.80. The zero-order valence-electron chi connectivity index (χ0n) is 16.7. The number of benzene rings is 2. The standard InChI is InChI=1S/C21H27N3O3S/c1-14(2)16-7-9-17(10-8-16)22-21(28)24-23-20(25)12-6-15-5-11-18(26-3)19(13-15)27-4/h5,7-11,13-14H,6,12H2,1-4H3,(H,23,25)(H2,22,24,28). The molecular formula is C21H27N3O3S. The van der Waals surface area contributed by atoms with Crippen LogP contribution in [0.15, 0.2) is 42.5 Å². The largest absolute Gasteiger partial charge is 0.493 e. The lowest BCUT2D eigenvalue weighted by atomic mass is 10.0. The molecule has 0 saturated carbocycles. The quantitative estimate of drug-likeness (QED) is 0.485. The van der Waals surface area contributed by atoms with Gasteiger partial charge in [0.25, 0.3) is 0 Å². The van der Waals surface area contributed by atoms with Crippen LogP contribution < -0.4 is 25.6 Å². The molecule has 0 aromatic heterocycles. The van der Waals surface area contributed by atoms with Crippen molar-refractivity contribution in [2.45, 2.75) is 32.6 Å². The topological polar surface area (TPSA) is 71.6 Å². The number of hydrazine groups is 1. The third kappa shape index (κ3) is 6.42. The second-order valence-electron chi connectivity index (χ2n) is 6.59. The summed E-state index contributed by atoms with van der Waals surface area (Å²) >= 11 is 5.21. The lowest BCUT2D eigenvalue weighted by Gasteiger charge is -2.13. The van der Waals surface area contributed by atoms with E-state index in [1.807, 2.05) is 30.3 Å². The zero-order valence-corrected chi connectivity index (χ0v) is 17.5. The maximum absolute atomic E-state index is 12.1. The number of anilines is 1. The Bertz CT molecular complexity index is 807. The molecular weight excluding hydrogens is 374 g/mol. The van der Waals surface area contributed by atoms with E-state index in [1.165, 1.54) is 5.56 Å². The van der Waals surface area contributed by atoms with Crippen molar-refractivity contribution in [3.05, 3.63) is 53.6 Å². The van der Waals surface area contributed by atoms with Crippen LogP contribution >= 0.6 is 12.2 Å². The van der Waals surface area contributed by atoms with E-state index in [0.717, 1.165) is 11.3 Å². The smallest absolute Gasteiger partial charge is 0.238 e. The van der Waals surface area contributed by atoms with E-state index >= 15 is 0 Å². The molecule has 2 aromatic carbocycles. The van der Waals surface area contributed by atoms with Gasteiger partial charge in [0.1, 0.15) is 0 Å². The van der Waals surface area contributed by atoms with Gasteiger partial charge < -0.3 is 14.8 Å². The number of aryl methyl sites for hydroxylation is 1. The number of carbonyl (C=O) groups is 1. The van der Waals surface area contributed by atoms with Crippen LogP contribution in [-0.2, 0) is 11.2 Å². The number of methoxy groups -OCH3 is 2. The average molecular weight is 402 g/mol. The highest BCUT2D eigenvalue weighted by atomic mass is 32.1. The van der Waals surface area contributed by atoms with Crippen molar-refractivity contribution in [3.8, 4) is 11.5 Å². The molecule has 0 bridgehead atoms. The van der Waals surface area contributed by atoms with Gasteiger partial charge in [0, 0.05) is 12.1 Å². The summed E-state index contributed by atoms with van der Waals surface area (Å²) in [7, 11) is 3.18. The van der Waals surface area contributed by atoms with Gasteiger partial charge in [-0.2, -0.15) is 0 Å². The van der Waals surface area contributed by atoms with Crippen LogP contribution in [0.2, 0.25) is 0 Å². The van der Waals surface area contributed by atoms with Crippen molar-refractivity contribution in [1.29, 1.82) is 0 Å². The maximum atomic E-state index is 12.1. The van der Waals surface area contributed by atoms with E-state index in [4.69, 9.17) is 21.7 Å². The molecule has 0 aliphatic rings. The predicted octanol–water partition coefficient (Wildman–Crippen LogP) is 3.78. The summed E-state index contributed by atoms with van der Waals surface area (Å²) in [5.41, 5.74) is 8.43. The Hall–Kier alpha value is -2.80. The Morgan fingerprint density at radius 2 is 1.68 bits per heavy atom. The minimum absolute atomic E-state index is 0.158. The van der Waals surface area contributed by atoms with Gasteiger partial charge in [-0.25, -0.2) is 0 Å². The van der Waals surface area contributed by atoms with E-state index < -0.39 is 0 Å². The first-order valence-corrected chi connectivity index (χ1v) is 9.50. The van der Waals surface area contributed by atoms with Crippen molar-refractivity contribution in [3.63, 3.8) is 0 Å². The first kappa shape index (κ1) is 21.5. The van der Waals surface area contributed by atoms with Crippen LogP contribution in [-0.4, -0.2) is 25.2 Å². The predicted molar refractivity (Wildman–Crippen MR) is 116 cm³/mol. The number of rotatable bonds is 7. The molecule has 7 heteroatoms. The van der Waals surface area contributed by atoms with Gasteiger partial charge in [0.2, 0.25) is 5.91 Å². The molecule has 0 fully saturated rings. The van der Waals surface area contributed by atoms with Gasteiger partial charge in [-0.3, -0.25) is 15.6 Å². The third-order valence-electron chi connectivity index (χ3n) is 4.24. The fraction of sp³-hybridized carbons (Fsp3) is 0.333. The number of hydrogen-bond donors (Lipinski definition) is 3. The highest BCUT2D eigenvalue weighted by Crippen LogP contribution is 2.27. The highest BCUT2D eigenvalue weighted by Gasteiger charge is 2.07. The first-order valence-electron chi connectivity index (χ1n) is 9.09. The third-order valence-corrected chi connectivity index (χ3v) is 4.44. The number of carbonyl (C=O) groups excluding carboxylic acids is 1. The van der Waals surface area contributed by atoms with E-state index in [-0.39, 0.29) is 5.91 Å². The fourth-order valence-electron chi connectivity index (χ4n) is 2.60. The molecule has 0 saturated heterocycles. The normalized spacial score (nSPS) is 10.3. The summed E-state index contributed by atoms with van der Waals surface area (Å²) in [6, 6.07) is 13.6. The molecule has 150 valence electrons. The van der Waals surface area contributed by atoms with E-state index in [1.54, 1.807) is 14.2 Å². The van der Waals surface area contributed by atoms with Crippen LogP contribution in [0, 0.1) is 0 Å². The Morgan fingerprint density at radius 1 is 1.00 bits per heavy atom. The van der Waals surface area contributed by atoms with Crippen LogP contribution in [0.1, 0.15) is 37.3 Å². The Balaban J connectivity index is 1.76. The van der Waals surface area contributed by atoms with Gasteiger partial charge in [0.05, 0.1) is 14.2 Å². The first-order chi connectivity index (χ1) is 13.4. The Kier molecular flexibility index (Phi) is 8.07. The van der Waals surface area contributed by atoms with Crippen molar-refractivity contribution < 1.29 is 14.3 Å². The van der Waals surface area contributed by atoms with E-state index in [0.29, 0.717) is 35.4 Å².